The molecule has 0 atom stereocenters. The number of amides is 1. The SMILES string of the molecule is O=C(O)CN(C(=O)OCc1ccccc1)c1ccnc2ccc(C(F)(F)F)cc12. The topological polar surface area (TPSA) is 79.7 Å². The molecule has 0 bridgehead atoms. The normalized spacial score (nSPS) is 11.3. The molecule has 1 amide bonds. The summed E-state index contributed by atoms with van der Waals surface area (Å²) >= 11 is 0. The summed E-state index contributed by atoms with van der Waals surface area (Å²) in [5.41, 5.74) is -0.120. The third-order valence-corrected chi connectivity index (χ3v) is 4.06. The van der Waals surface area contributed by atoms with Gasteiger partial charge in [-0.25, -0.2) is 4.79 Å². The van der Waals surface area contributed by atoms with Crippen molar-refractivity contribution in [3.63, 3.8) is 0 Å². The van der Waals surface area contributed by atoms with Crippen LogP contribution < -0.4 is 4.90 Å². The summed E-state index contributed by atoms with van der Waals surface area (Å²) in [5, 5.41) is 9.18. The largest absolute Gasteiger partial charge is 0.480 e. The van der Waals surface area contributed by atoms with Crippen molar-refractivity contribution in [1.82, 2.24) is 4.98 Å². The Morgan fingerprint density at radius 3 is 2.45 bits per heavy atom. The maximum absolute atomic E-state index is 13.1. The fraction of sp³-hybridized carbons (Fsp3) is 0.150. The molecule has 3 aromatic rings. The minimum Gasteiger partial charge on any atom is -0.480 e. The quantitative estimate of drug-likeness (QED) is 0.678. The van der Waals surface area contributed by atoms with Crippen LogP contribution in [0, 0.1) is 0 Å². The van der Waals surface area contributed by atoms with Gasteiger partial charge in [-0.1, -0.05) is 30.3 Å². The molecule has 0 aliphatic carbocycles. The smallest absolute Gasteiger partial charge is 0.416 e. The number of anilines is 1. The van der Waals surface area contributed by atoms with Crippen LogP contribution in [0.15, 0.2) is 60.8 Å². The zero-order chi connectivity index (χ0) is 21.0. The lowest BCUT2D eigenvalue weighted by molar-refractivity contribution is -0.137. The minimum atomic E-state index is -4.60. The lowest BCUT2D eigenvalue weighted by Gasteiger charge is -2.22. The zero-order valence-corrected chi connectivity index (χ0v) is 14.9. The van der Waals surface area contributed by atoms with Crippen LogP contribution in [0.5, 0.6) is 0 Å². The Kier molecular flexibility index (Phi) is 5.67. The number of hydrogen-bond acceptors (Lipinski definition) is 4. The van der Waals surface area contributed by atoms with Crippen LogP contribution in [-0.2, 0) is 22.3 Å². The van der Waals surface area contributed by atoms with Gasteiger partial charge in [0.2, 0.25) is 0 Å². The van der Waals surface area contributed by atoms with E-state index < -0.39 is 30.3 Å². The van der Waals surface area contributed by atoms with Gasteiger partial charge in [0.1, 0.15) is 13.2 Å². The molecule has 0 fully saturated rings. The molecule has 29 heavy (non-hydrogen) atoms. The van der Waals surface area contributed by atoms with E-state index in [4.69, 9.17) is 4.74 Å². The standard InChI is InChI=1S/C20H15F3N2O4/c21-20(22,23)14-6-7-16-15(10-14)17(8-9-24-16)25(11-18(26)27)19(28)29-12-13-4-2-1-3-5-13/h1-10H,11-12H2,(H,26,27). The van der Waals surface area contributed by atoms with E-state index in [1.54, 1.807) is 30.3 Å². The summed E-state index contributed by atoms with van der Waals surface area (Å²) in [7, 11) is 0. The van der Waals surface area contributed by atoms with Crippen LogP contribution >= 0.6 is 0 Å². The van der Waals surface area contributed by atoms with Crippen LogP contribution in [0.1, 0.15) is 11.1 Å². The Morgan fingerprint density at radius 2 is 1.79 bits per heavy atom. The maximum atomic E-state index is 13.1. The Hall–Kier alpha value is -3.62. The molecule has 0 saturated carbocycles. The number of carboxylic acid groups (broad SMARTS) is 1. The Labute approximate surface area is 163 Å². The molecule has 0 spiro atoms. The second-order valence-corrected chi connectivity index (χ2v) is 6.08. The fourth-order valence-corrected chi connectivity index (χ4v) is 2.72. The molecular formula is C20H15F3N2O4. The van der Waals surface area contributed by atoms with E-state index >= 15 is 0 Å². The molecule has 2 aromatic carbocycles. The number of pyridine rings is 1. The van der Waals surface area contributed by atoms with E-state index in [0.29, 0.717) is 5.56 Å². The molecular weight excluding hydrogens is 389 g/mol. The molecule has 6 nitrogen and oxygen atoms in total. The molecule has 0 saturated heterocycles. The van der Waals surface area contributed by atoms with Crippen molar-refractivity contribution in [2.75, 3.05) is 11.4 Å². The maximum Gasteiger partial charge on any atom is 0.416 e. The minimum absolute atomic E-state index is 0.0137. The average molecular weight is 404 g/mol. The summed E-state index contributed by atoms with van der Waals surface area (Å²) < 4.78 is 44.5. The zero-order valence-electron chi connectivity index (χ0n) is 14.9. The Balaban J connectivity index is 1.98. The van der Waals surface area contributed by atoms with E-state index in [9.17, 15) is 27.9 Å². The summed E-state index contributed by atoms with van der Waals surface area (Å²) in [6.07, 6.45) is -4.32. The molecule has 0 aliphatic heterocycles. The van der Waals surface area contributed by atoms with Crippen LogP contribution in [0.25, 0.3) is 10.9 Å². The third kappa shape index (κ3) is 4.81. The number of alkyl halides is 3. The van der Waals surface area contributed by atoms with Gasteiger partial charge in [-0.15, -0.1) is 0 Å². The predicted molar refractivity (Wildman–Crippen MR) is 98.4 cm³/mol. The molecule has 3 rings (SSSR count). The second kappa shape index (κ2) is 8.17. The van der Waals surface area contributed by atoms with Crippen molar-refractivity contribution in [3.8, 4) is 0 Å². The number of aromatic nitrogens is 1. The number of nitrogens with zero attached hydrogens (tertiary/aromatic N) is 2. The van der Waals surface area contributed by atoms with Gasteiger partial charge in [-0.05, 0) is 29.8 Å². The number of benzene rings is 2. The van der Waals surface area contributed by atoms with Crippen LogP contribution in [0.2, 0.25) is 0 Å². The number of hydrogen-bond donors (Lipinski definition) is 1. The van der Waals surface area contributed by atoms with Gasteiger partial charge in [-0.3, -0.25) is 14.7 Å². The first-order valence-corrected chi connectivity index (χ1v) is 8.41. The van der Waals surface area contributed by atoms with Crippen molar-refractivity contribution in [2.24, 2.45) is 0 Å². The highest BCUT2D eigenvalue weighted by Crippen LogP contribution is 2.34. The van der Waals surface area contributed by atoms with Gasteiger partial charge in [0.15, 0.2) is 0 Å². The van der Waals surface area contributed by atoms with Gasteiger partial charge in [0.05, 0.1) is 16.8 Å². The van der Waals surface area contributed by atoms with Crippen molar-refractivity contribution in [1.29, 1.82) is 0 Å². The molecule has 0 unspecified atom stereocenters. The first-order valence-electron chi connectivity index (χ1n) is 8.41. The number of ether oxygens (including phenoxy) is 1. The lowest BCUT2D eigenvalue weighted by atomic mass is 10.1. The number of carboxylic acids is 1. The van der Waals surface area contributed by atoms with Gasteiger partial charge < -0.3 is 9.84 Å². The van der Waals surface area contributed by atoms with E-state index in [0.717, 1.165) is 23.1 Å². The number of carbonyl (C=O) groups is 2. The van der Waals surface area contributed by atoms with Crippen molar-refractivity contribution in [2.45, 2.75) is 12.8 Å². The number of aliphatic carboxylic acids is 1. The average Bonchev–Trinajstić information content (AvgIpc) is 2.69. The summed E-state index contributed by atoms with van der Waals surface area (Å²) in [6.45, 7) is -0.907. The molecule has 0 aliphatic rings. The molecule has 9 heteroatoms. The molecule has 1 N–H and O–H groups in total. The number of rotatable bonds is 5. The molecule has 1 aromatic heterocycles. The van der Waals surface area contributed by atoms with Crippen LogP contribution in [-0.4, -0.2) is 28.7 Å². The van der Waals surface area contributed by atoms with E-state index in [1.807, 2.05) is 0 Å². The first kappa shape index (κ1) is 20.1. The Morgan fingerprint density at radius 1 is 1.07 bits per heavy atom. The van der Waals surface area contributed by atoms with E-state index in [1.165, 1.54) is 12.3 Å². The summed E-state index contributed by atoms with van der Waals surface area (Å²) in [5.74, 6) is -1.35. The molecule has 1 heterocycles. The van der Waals surface area contributed by atoms with Crippen molar-refractivity contribution in [3.05, 3.63) is 71.9 Å². The fourth-order valence-electron chi connectivity index (χ4n) is 2.72. The lowest BCUT2D eigenvalue weighted by Crippen LogP contribution is -2.36. The van der Waals surface area contributed by atoms with Crippen LogP contribution in [0.4, 0.5) is 23.7 Å². The third-order valence-electron chi connectivity index (χ3n) is 4.06. The van der Waals surface area contributed by atoms with Gasteiger partial charge in [0, 0.05) is 11.6 Å². The second-order valence-electron chi connectivity index (χ2n) is 6.08. The number of carbonyl (C=O) groups excluding carboxylic acids is 1. The van der Waals surface area contributed by atoms with Gasteiger partial charge in [0.25, 0.3) is 0 Å². The molecule has 150 valence electrons. The predicted octanol–water partition coefficient (Wildman–Crippen LogP) is 4.48. The number of halogens is 3. The van der Waals surface area contributed by atoms with E-state index in [-0.39, 0.29) is 23.2 Å². The van der Waals surface area contributed by atoms with Gasteiger partial charge in [-0.2, -0.15) is 13.2 Å². The summed E-state index contributed by atoms with van der Waals surface area (Å²) in [4.78, 5) is 28.6. The van der Waals surface area contributed by atoms with Gasteiger partial charge >= 0.3 is 18.2 Å². The van der Waals surface area contributed by atoms with Crippen molar-refractivity contribution < 1.29 is 32.6 Å². The Bertz CT molecular complexity index is 1040. The summed E-state index contributed by atoms with van der Waals surface area (Å²) in [6, 6.07) is 12.8. The highest BCUT2D eigenvalue weighted by atomic mass is 19.4. The first-order chi connectivity index (χ1) is 13.8. The monoisotopic (exact) mass is 404 g/mol. The van der Waals surface area contributed by atoms with Crippen LogP contribution in [0.3, 0.4) is 0 Å². The number of fused-ring (bicyclic) bond motifs is 1. The molecule has 0 radical (unpaired) electrons. The highest BCUT2D eigenvalue weighted by molar-refractivity contribution is 6.02. The highest BCUT2D eigenvalue weighted by Gasteiger charge is 2.31. The van der Waals surface area contributed by atoms with E-state index in [2.05, 4.69) is 4.98 Å². The van der Waals surface area contributed by atoms with Crippen molar-refractivity contribution >= 4 is 28.7 Å².